The molecule has 0 saturated heterocycles. The molecule has 2 heterocycles. The van der Waals surface area contributed by atoms with E-state index in [1.165, 1.54) is 4.70 Å². The van der Waals surface area contributed by atoms with E-state index in [9.17, 15) is 4.79 Å². The first-order valence-corrected chi connectivity index (χ1v) is 9.62. The molecule has 0 unspecified atom stereocenters. The number of hydrogen-bond acceptors (Lipinski definition) is 5. The van der Waals surface area contributed by atoms with Crippen molar-refractivity contribution in [2.45, 2.75) is 12.8 Å². The zero-order valence-corrected chi connectivity index (χ0v) is 15.5. The summed E-state index contributed by atoms with van der Waals surface area (Å²) in [6, 6.07) is 11.4. The molecule has 0 bridgehead atoms. The number of rotatable bonds is 5. The Bertz CT molecular complexity index is 924. The van der Waals surface area contributed by atoms with Crippen LogP contribution in [0.4, 0.5) is 0 Å². The van der Waals surface area contributed by atoms with E-state index < -0.39 is 0 Å². The lowest BCUT2D eigenvalue weighted by Gasteiger charge is -2.20. The number of carbonyl (C=O) groups is 1. The molecule has 0 radical (unpaired) electrons. The van der Waals surface area contributed by atoms with E-state index in [-0.39, 0.29) is 5.91 Å². The van der Waals surface area contributed by atoms with Crippen LogP contribution in [0.3, 0.4) is 0 Å². The second-order valence-corrected chi connectivity index (χ2v) is 7.44. The van der Waals surface area contributed by atoms with Crippen LogP contribution in [-0.2, 0) is 6.42 Å². The zero-order chi connectivity index (χ0) is 17.9. The zero-order valence-electron chi connectivity index (χ0n) is 14.0. The van der Waals surface area contributed by atoms with Gasteiger partial charge in [-0.15, -0.1) is 11.3 Å². The Morgan fingerprint density at radius 3 is 2.96 bits per heavy atom. The lowest BCUT2D eigenvalue weighted by molar-refractivity contribution is 0.0952. The van der Waals surface area contributed by atoms with Crippen LogP contribution in [0.1, 0.15) is 21.8 Å². The van der Waals surface area contributed by atoms with Gasteiger partial charge in [0, 0.05) is 18.5 Å². The number of para-hydroxylation sites is 1. The number of halogens is 1. The lowest BCUT2D eigenvalue weighted by Crippen LogP contribution is -2.25. The average molecular weight is 389 g/mol. The molecule has 5 nitrogen and oxygen atoms in total. The van der Waals surface area contributed by atoms with Crippen molar-refractivity contribution < 1.29 is 14.3 Å². The minimum atomic E-state index is -0.173. The molecule has 0 saturated carbocycles. The fraction of sp³-hybridized carbons (Fsp3) is 0.263. The molecule has 1 aliphatic rings. The number of aryl methyl sites for hydroxylation is 1. The molecule has 0 aliphatic carbocycles. The number of fused-ring (bicyclic) bond motifs is 2. The highest BCUT2D eigenvalue weighted by atomic mass is 35.5. The molecule has 134 valence electrons. The van der Waals surface area contributed by atoms with Crippen molar-refractivity contribution in [3.8, 4) is 11.5 Å². The first-order valence-electron chi connectivity index (χ1n) is 8.42. The number of carbonyl (C=O) groups excluding carboxylic acids is 1. The van der Waals surface area contributed by atoms with Gasteiger partial charge in [-0.3, -0.25) is 4.79 Å². The Balaban J connectivity index is 1.33. The van der Waals surface area contributed by atoms with E-state index in [2.05, 4.69) is 16.4 Å². The normalized spacial score (nSPS) is 13.0. The summed E-state index contributed by atoms with van der Waals surface area (Å²) in [4.78, 5) is 17.0. The summed E-state index contributed by atoms with van der Waals surface area (Å²) in [5, 5.41) is 4.40. The highest BCUT2D eigenvalue weighted by Gasteiger charge is 2.19. The third-order valence-electron chi connectivity index (χ3n) is 4.05. The van der Waals surface area contributed by atoms with Gasteiger partial charge in [-0.25, -0.2) is 4.98 Å². The highest BCUT2D eigenvalue weighted by Crippen LogP contribution is 2.38. The van der Waals surface area contributed by atoms with Gasteiger partial charge < -0.3 is 14.8 Å². The van der Waals surface area contributed by atoms with Crippen molar-refractivity contribution in [3.05, 3.63) is 52.0 Å². The maximum atomic E-state index is 12.4. The summed E-state index contributed by atoms with van der Waals surface area (Å²) < 4.78 is 12.2. The molecule has 1 amide bonds. The Labute approximate surface area is 159 Å². The third kappa shape index (κ3) is 3.61. The maximum absolute atomic E-state index is 12.4. The van der Waals surface area contributed by atoms with E-state index in [1.807, 2.05) is 18.2 Å². The molecule has 4 rings (SSSR count). The van der Waals surface area contributed by atoms with Gasteiger partial charge in [0.2, 0.25) is 0 Å². The third-order valence-corrected chi connectivity index (χ3v) is 5.43. The smallest absolute Gasteiger partial charge is 0.251 e. The molecular formula is C19H17ClN2O3S. The predicted molar refractivity (Wildman–Crippen MR) is 103 cm³/mol. The molecule has 1 aliphatic heterocycles. The number of nitrogens with one attached hydrogen (secondary N) is 1. The molecule has 26 heavy (non-hydrogen) atoms. The van der Waals surface area contributed by atoms with Crippen LogP contribution in [0, 0.1) is 0 Å². The van der Waals surface area contributed by atoms with E-state index >= 15 is 0 Å². The number of nitrogens with zero attached hydrogens (tertiary/aromatic N) is 1. The molecular weight excluding hydrogens is 372 g/mol. The van der Waals surface area contributed by atoms with Crippen LogP contribution < -0.4 is 14.8 Å². The highest BCUT2D eigenvalue weighted by molar-refractivity contribution is 7.18. The Morgan fingerprint density at radius 2 is 2.08 bits per heavy atom. The first-order chi connectivity index (χ1) is 12.7. The molecule has 0 atom stereocenters. The van der Waals surface area contributed by atoms with Crippen molar-refractivity contribution in [3.63, 3.8) is 0 Å². The maximum Gasteiger partial charge on any atom is 0.251 e. The Hall–Kier alpha value is -2.31. The van der Waals surface area contributed by atoms with Gasteiger partial charge in [-0.1, -0.05) is 23.7 Å². The van der Waals surface area contributed by atoms with Crippen molar-refractivity contribution in [2.75, 3.05) is 19.8 Å². The summed E-state index contributed by atoms with van der Waals surface area (Å²) >= 11 is 7.88. The van der Waals surface area contributed by atoms with Crippen LogP contribution in [-0.4, -0.2) is 30.6 Å². The molecule has 1 N–H and O–H groups in total. The molecule has 2 aromatic carbocycles. The van der Waals surface area contributed by atoms with E-state index in [4.69, 9.17) is 21.1 Å². The van der Waals surface area contributed by atoms with Crippen molar-refractivity contribution >= 4 is 39.1 Å². The van der Waals surface area contributed by atoms with Crippen LogP contribution >= 0.6 is 22.9 Å². The standard InChI is InChI=1S/C19H17ClN2O3S/c20-13-10-12(11-15-18(13)25-9-8-24-15)19(23)21-7-3-6-17-22-14-4-1-2-5-16(14)26-17/h1-2,4-5,10-11H,3,6-9H2,(H,21,23). The summed E-state index contributed by atoms with van der Waals surface area (Å²) in [6.45, 7) is 1.49. The van der Waals surface area contributed by atoms with Crippen LogP contribution in [0.25, 0.3) is 10.2 Å². The lowest BCUT2D eigenvalue weighted by atomic mass is 10.1. The van der Waals surface area contributed by atoms with Crippen LogP contribution in [0.15, 0.2) is 36.4 Å². The second kappa shape index (κ2) is 7.51. The fourth-order valence-corrected chi connectivity index (χ4v) is 4.09. The number of hydrogen-bond donors (Lipinski definition) is 1. The first kappa shape index (κ1) is 17.1. The molecule has 0 fully saturated rings. The SMILES string of the molecule is O=C(NCCCc1nc2ccccc2s1)c1cc(Cl)c2c(c1)OCCO2. The van der Waals surface area contributed by atoms with Crippen molar-refractivity contribution in [2.24, 2.45) is 0 Å². The Kier molecular flexibility index (Phi) is 4.95. The second-order valence-electron chi connectivity index (χ2n) is 5.92. The van der Waals surface area contributed by atoms with E-state index in [0.717, 1.165) is 23.4 Å². The van der Waals surface area contributed by atoms with Gasteiger partial charge in [0.1, 0.15) is 13.2 Å². The molecule has 1 aromatic heterocycles. The number of amides is 1. The van der Waals surface area contributed by atoms with E-state index in [0.29, 0.717) is 41.8 Å². The molecule has 0 spiro atoms. The predicted octanol–water partition coefficient (Wildman–Crippen LogP) is 4.08. The van der Waals surface area contributed by atoms with Gasteiger partial charge in [0.05, 0.1) is 20.2 Å². The fourth-order valence-electron chi connectivity index (χ4n) is 2.81. The largest absolute Gasteiger partial charge is 0.486 e. The summed E-state index contributed by atoms with van der Waals surface area (Å²) in [5.41, 5.74) is 1.50. The van der Waals surface area contributed by atoms with Gasteiger partial charge in [-0.05, 0) is 30.7 Å². The molecule has 3 aromatic rings. The van der Waals surface area contributed by atoms with Crippen LogP contribution in [0.2, 0.25) is 5.02 Å². The quantitative estimate of drug-likeness (QED) is 0.669. The summed E-state index contributed by atoms with van der Waals surface area (Å²) in [7, 11) is 0. The van der Waals surface area contributed by atoms with Gasteiger partial charge in [0.25, 0.3) is 5.91 Å². The average Bonchev–Trinajstić information content (AvgIpc) is 3.08. The number of aromatic nitrogens is 1. The van der Waals surface area contributed by atoms with Crippen molar-refractivity contribution in [1.82, 2.24) is 10.3 Å². The minimum Gasteiger partial charge on any atom is -0.486 e. The van der Waals surface area contributed by atoms with Gasteiger partial charge in [-0.2, -0.15) is 0 Å². The van der Waals surface area contributed by atoms with Gasteiger partial charge >= 0.3 is 0 Å². The summed E-state index contributed by atoms with van der Waals surface area (Å²) in [6.07, 6.45) is 1.66. The Morgan fingerprint density at radius 1 is 1.23 bits per heavy atom. The number of ether oxygens (including phenoxy) is 2. The van der Waals surface area contributed by atoms with Gasteiger partial charge in [0.15, 0.2) is 11.5 Å². The number of benzene rings is 2. The minimum absolute atomic E-state index is 0.173. The van der Waals surface area contributed by atoms with Crippen molar-refractivity contribution in [1.29, 1.82) is 0 Å². The topological polar surface area (TPSA) is 60.5 Å². The number of thiazole rings is 1. The van der Waals surface area contributed by atoms with Crippen LogP contribution in [0.5, 0.6) is 11.5 Å². The summed E-state index contributed by atoms with van der Waals surface area (Å²) in [5.74, 6) is 0.849. The van der Waals surface area contributed by atoms with E-state index in [1.54, 1.807) is 23.5 Å². The molecule has 7 heteroatoms. The monoisotopic (exact) mass is 388 g/mol.